The van der Waals surface area contributed by atoms with Crippen molar-refractivity contribution in [3.8, 4) is 17.4 Å². The number of aromatic nitrogens is 1. The van der Waals surface area contributed by atoms with E-state index in [1.165, 1.54) is 16.7 Å². The molecule has 0 radical (unpaired) electrons. The van der Waals surface area contributed by atoms with Crippen LogP contribution >= 0.6 is 0 Å². The number of hydrogen-bond donors (Lipinski definition) is 1. The first-order chi connectivity index (χ1) is 10.0. The second-order valence-electron chi connectivity index (χ2n) is 5.31. The van der Waals surface area contributed by atoms with E-state index < -0.39 is 0 Å². The largest absolute Gasteiger partial charge is 0.508 e. The molecule has 1 heterocycles. The zero-order valence-corrected chi connectivity index (χ0v) is 12.3. The average Bonchev–Trinajstić information content (AvgIpc) is 2.45. The maximum absolute atomic E-state index is 9.46. The molecule has 3 aromatic rings. The first-order valence-corrected chi connectivity index (χ1v) is 6.88. The molecular formula is C18H17NO2. The Morgan fingerprint density at radius 1 is 0.905 bits per heavy atom. The van der Waals surface area contributed by atoms with Gasteiger partial charge in [0, 0.05) is 11.5 Å². The van der Waals surface area contributed by atoms with Crippen LogP contribution in [0.5, 0.6) is 17.4 Å². The summed E-state index contributed by atoms with van der Waals surface area (Å²) in [6, 6.07) is 12.8. The zero-order valence-electron chi connectivity index (χ0n) is 12.3. The van der Waals surface area contributed by atoms with Gasteiger partial charge >= 0.3 is 0 Å². The Bertz CT molecular complexity index is 802. The number of aryl methyl sites for hydroxylation is 2. The molecule has 0 aliphatic heterocycles. The smallest absolute Gasteiger partial charge is 0.219 e. The molecule has 0 unspecified atom stereocenters. The quantitative estimate of drug-likeness (QED) is 0.742. The fourth-order valence-electron chi connectivity index (χ4n) is 2.33. The summed E-state index contributed by atoms with van der Waals surface area (Å²) in [6.07, 6.45) is 0. The number of pyridine rings is 1. The van der Waals surface area contributed by atoms with Crippen LogP contribution < -0.4 is 4.74 Å². The van der Waals surface area contributed by atoms with E-state index >= 15 is 0 Å². The Kier molecular flexibility index (Phi) is 3.26. The van der Waals surface area contributed by atoms with E-state index in [1.807, 2.05) is 24.3 Å². The Labute approximate surface area is 123 Å². The predicted octanol–water partition coefficient (Wildman–Crippen LogP) is 4.66. The lowest BCUT2D eigenvalue weighted by atomic mass is 10.0. The van der Waals surface area contributed by atoms with Crippen molar-refractivity contribution < 1.29 is 9.84 Å². The lowest BCUT2D eigenvalue weighted by Gasteiger charge is -2.10. The summed E-state index contributed by atoms with van der Waals surface area (Å²) in [4.78, 5) is 4.46. The standard InChI is InChI=1S/C18H17NO2/c1-11-8-16(9-12(2)13(11)3)21-18-7-4-14-10-15(20)5-6-17(14)19-18/h4-10,20H,1-3H3. The molecule has 3 nitrogen and oxygen atoms in total. The van der Waals surface area contributed by atoms with Gasteiger partial charge in [0.05, 0.1) is 5.52 Å². The molecule has 0 fully saturated rings. The first-order valence-electron chi connectivity index (χ1n) is 6.88. The number of aromatic hydroxyl groups is 1. The molecule has 0 bridgehead atoms. The van der Waals surface area contributed by atoms with Gasteiger partial charge in [-0.3, -0.25) is 0 Å². The van der Waals surface area contributed by atoms with Crippen LogP contribution in [0, 0.1) is 20.8 Å². The Hall–Kier alpha value is -2.55. The predicted molar refractivity (Wildman–Crippen MR) is 84.1 cm³/mol. The summed E-state index contributed by atoms with van der Waals surface area (Å²) >= 11 is 0. The number of fused-ring (bicyclic) bond motifs is 1. The third-order valence-electron chi connectivity index (χ3n) is 3.77. The minimum Gasteiger partial charge on any atom is -0.508 e. The second kappa shape index (κ2) is 5.09. The van der Waals surface area contributed by atoms with Crippen molar-refractivity contribution in [3.63, 3.8) is 0 Å². The number of phenolic OH excluding ortho intramolecular Hbond substituents is 1. The van der Waals surface area contributed by atoms with Crippen molar-refractivity contribution in [2.75, 3.05) is 0 Å². The third-order valence-corrected chi connectivity index (χ3v) is 3.77. The Balaban J connectivity index is 1.96. The summed E-state index contributed by atoms with van der Waals surface area (Å²) in [5.41, 5.74) is 4.49. The lowest BCUT2D eigenvalue weighted by Crippen LogP contribution is -1.92. The number of hydrogen-bond acceptors (Lipinski definition) is 3. The fourth-order valence-corrected chi connectivity index (χ4v) is 2.33. The fraction of sp³-hybridized carbons (Fsp3) is 0.167. The van der Waals surface area contributed by atoms with Crippen molar-refractivity contribution in [1.82, 2.24) is 4.98 Å². The van der Waals surface area contributed by atoms with E-state index in [1.54, 1.807) is 18.2 Å². The van der Waals surface area contributed by atoms with E-state index in [9.17, 15) is 5.11 Å². The normalized spacial score (nSPS) is 10.8. The van der Waals surface area contributed by atoms with E-state index in [2.05, 4.69) is 25.8 Å². The Morgan fingerprint density at radius 2 is 1.62 bits per heavy atom. The zero-order chi connectivity index (χ0) is 15.0. The van der Waals surface area contributed by atoms with Crippen LogP contribution in [0.4, 0.5) is 0 Å². The number of benzene rings is 2. The average molecular weight is 279 g/mol. The summed E-state index contributed by atoms with van der Waals surface area (Å²) in [5.74, 6) is 1.58. The van der Waals surface area contributed by atoms with Crippen LogP contribution in [0.15, 0.2) is 42.5 Å². The SMILES string of the molecule is Cc1cc(Oc2ccc3cc(O)ccc3n2)cc(C)c1C. The lowest BCUT2D eigenvalue weighted by molar-refractivity contribution is 0.463. The van der Waals surface area contributed by atoms with Crippen LogP contribution in [0.1, 0.15) is 16.7 Å². The molecule has 3 rings (SSSR count). The topological polar surface area (TPSA) is 42.4 Å². The maximum Gasteiger partial charge on any atom is 0.219 e. The summed E-state index contributed by atoms with van der Waals surface area (Å²) in [7, 11) is 0. The van der Waals surface area contributed by atoms with Crippen molar-refractivity contribution in [1.29, 1.82) is 0 Å². The van der Waals surface area contributed by atoms with Gasteiger partial charge in [0.2, 0.25) is 5.88 Å². The minimum absolute atomic E-state index is 0.239. The van der Waals surface area contributed by atoms with Crippen LogP contribution in [-0.2, 0) is 0 Å². The van der Waals surface area contributed by atoms with Gasteiger partial charge < -0.3 is 9.84 Å². The molecule has 0 amide bonds. The van der Waals surface area contributed by atoms with Gasteiger partial charge in [0.1, 0.15) is 11.5 Å². The molecule has 0 saturated carbocycles. The van der Waals surface area contributed by atoms with Crippen LogP contribution in [0.2, 0.25) is 0 Å². The number of rotatable bonds is 2. The molecule has 0 spiro atoms. The van der Waals surface area contributed by atoms with Gasteiger partial charge in [0.15, 0.2) is 0 Å². The van der Waals surface area contributed by atoms with Crippen LogP contribution in [0.3, 0.4) is 0 Å². The molecule has 2 aromatic carbocycles. The van der Waals surface area contributed by atoms with E-state index in [-0.39, 0.29) is 5.75 Å². The highest BCUT2D eigenvalue weighted by atomic mass is 16.5. The minimum atomic E-state index is 0.239. The van der Waals surface area contributed by atoms with Gasteiger partial charge in [-0.05, 0) is 73.9 Å². The molecule has 1 N–H and O–H groups in total. The molecular weight excluding hydrogens is 262 g/mol. The van der Waals surface area contributed by atoms with E-state index in [4.69, 9.17) is 4.74 Å². The molecule has 0 aliphatic carbocycles. The monoisotopic (exact) mass is 279 g/mol. The highest BCUT2D eigenvalue weighted by Gasteiger charge is 2.05. The summed E-state index contributed by atoms with van der Waals surface area (Å²) in [5, 5.41) is 10.4. The first kappa shape index (κ1) is 13.4. The molecule has 106 valence electrons. The van der Waals surface area contributed by atoms with Gasteiger partial charge in [0.25, 0.3) is 0 Å². The molecule has 21 heavy (non-hydrogen) atoms. The Morgan fingerprint density at radius 3 is 2.33 bits per heavy atom. The number of nitrogens with zero attached hydrogens (tertiary/aromatic N) is 1. The third kappa shape index (κ3) is 2.68. The molecule has 0 atom stereocenters. The molecule has 0 aliphatic rings. The van der Waals surface area contributed by atoms with E-state index in [0.717, 1.165) is 16.7 Å². The van der Waals surface area contributed by atoms with Gasteiger partial charge in [-0.25, -0.2) is 4.98 Å². The van der Waals surface area contributed by atoms with Crippen molar-refractivity contribution in [2.24, 2.45) is 0 Å². The molecule has 0 saturated heterocycles. The van der Waals surface area contributed by atoms with Crippen LogP contribution in [-0.4, -0.2) is 10.1 Å². The highest BCUT2D eigenvalue weighted by Crippen LogP contribution is 2.27. The maximum atomic E-state index is 9.46. The second-order valence-corrected chi connectivity index (χ2v) is 5.31. The van der Waals surface area contributed by atoms with Gasteiger partial charge in [-0.2, -0.15) is 0 Å². The van der Waals surface area contributed by atoms with Crippen molar-refractivity contribution in [3.05, 3.63) is 59.2 Å². The molecule has 3 heteroatoms. The van der Waals surface area contributed by atoms with Crippen LogP contribution in [0.25, 0.3) is 10.9 Å². The van der Waals surface area contributed by atoms with Crippen molar-refractivity contribution in [2.45, 2.75) is 20.8 Å². The van der Waals surface area contributed by atoms with E-state index in [0.29, 0.717) is 5.88 Å². The summed E-state index contributed by atoms with van der Waals surface area (Å²) in [6.45, 7) is 6.26. The van der Waals surface area contributed by atoms with Gasteiger partial charge in [-0.1, -0.05) is 0 Å². The number of ether oxygens (including phenoxy) is 1. The van der Waals surface area contributed by atoms with Gasteiger partial charge in [-0.15, -0.1) is 0 Å². The number of phenols is 1. The highest BCUT2D eigenvalue weighted by molar-refractivity contribution is 5.80. The molecule has 1 aromatic heterocycles. The van der Waals surface area contributed by atoms with Crippen molar-refractivity contribution >= 4 is 10.9 Å². The summed E-state index contributed by atoms with van der Waals surface area (Å²) < 4.78 is 5.86.